The van der Waals surface area contributed by atoms with E-state index in [4.69, 9.17) is 4.74 Å². The van der Waals surface area contributed by atoms with Crippen LogP contribution < -0.4 is 0 Å². The number of aryl methyl sites for hydroxylation is 2. The van der Waals surface area contributed by atoms with E-state index in [9.17, 15) is 4.79 Å². The van der Waals surface area contributed by atoms with Crippen LogP contribution in [0.3, 0.4) is 0 Å². The van der Waals surface area contributed by atoms with Crippen molar-refractivity contribution in [3.05, 3.63) is 34.9 Å². The van der Waals surface area contributed by atoms with E-state index in [1.807, 2.05) is 0 Å². The molecule has 1 saturated heterocycles. The van der Waals surface area contributed by atoms with E-state index in [1.54, 1.807) is 0 Å². The van der Waals surface area contributed by atoms with Crippen molar-refractivity contribution in [2.75, 3.05) is 6.61 Å². The molecular weight excluding hydrogens is 212 g/mol. The summed E-state index contributed by atoms with van der Waals surface area (Å²) in [6.07, 6.45) is 3.45. The highest BCUT2D eigenvalue weighted by atomic mass is 16.5. The Kier molecular flexibility index (Phi) is 3.95. The molecule has 0 radical (unpaired) electrons. The molecule has 17 heavy (non-hydrogen) atoms. The molecule has 0 aliphatic carbocycles. The number of hydrogen-bond acceptors (Lipinski definition) is 2. The summed E-state index contributed by atoms with van der Waals surface area (Å²) in [7, 11) is 0. The third kappa shape index (κ3) is 3.16. The molecule has 1 aliphatic rings. The van der Waals surface area contributed by atoms with Crippen LogP contribution in [0.15, 0.2) is 18.2 Å². The summed E-state index contributed by atoms with van der Waals surface area (Å²) in [6.45, 7) is 4.86. The van der Waals surface area contributed by atoms with Crippen molar-refractivity contribution in [2.24, 2.45) is 0 Å². The second-order valence-corrected chi connectivity index (χ2v) is 4.93. The fourth-order valence-electron chi connectivity index (χ4n) is 2.29. The van der Waals surface area contributed by atoms with Gasteiger partial charge in [-0.1, -0.05) is 23.8 Å². The number of benzene rings is 1. The zero-order valence-corrected chi connectivity index (χ0v) is 10.7. The maximum absolute atomic E-state index is 12.1. The van der Waals surface area contributed by atoms with E-state index < -0.39 is 0 Å². The molecule has 92 valence electrons. The first-order valence-electron chi connectivity index (χ1n) is 6.37. The fraction of sp³-hybridized carbons (Fsp3) is 0.533. The Morgan fingerprint density at radius 2 is 2.18 bits per heavy atom. The van der Waals surface area contributed by atoms with Crippen LogP contribution in [0.5, 0.6) is 0 Å². The second-order valence-electron chi connectivity index (χ2n) is 4.93. The number of carbonyl (C=O) groups excluding carboxylic acids is 1. The number of ketones is 1. The molecule has 0 bridgehead atoms. The van der Waals surface area contributed by atoms with Gasteiger partial charge in [0.1, 0.15) is 6.10 Å². The van der Waals surface area contributed by atoms with Gasteiger partial charge < -0.3 is 4.74 Å². The average molecular weight is 232 g/mol. The van der Waals surface area contributed by atoms with Crippen LogP contribution in [-0.2, 0) is 16.0 Å². The van der Waals surface area contributed by atoms with Crippen LogP contribution >= 0.6 is 0 Å². The lowest BCUT2D eigenvalue weighted by atomic mass is 9.96. The highest BCUT2D eigenvalue weighted by Gasteiger charge is 2.22. The van der Waals surface area contributed by atoms with Crippen LogP contribution in [0.25, 0.3) is 0 Å². The number of carbonyl (C=O) groups is 1. The van der Waals surface area contributed by atoms with Crippen molar-refractivity contribution in [1.82, 2.24) is 0 Å². The maximum atomic E-state index is 12.1. The van der Waals surface area contributed by atoms with Gasteiger partial charge in [0.25, 0.3) is 0 Å². The van der Waals surface area contributed by atoms with E-state index in [0.29, 0.717) is 6.42 Å². The Bertz CT molecular complexity index is 403. The summed E-state index contributed by atoms with van der Waals surface area (Å²) in [5.41, 5.74) is 3.55. The summed E-state index contributed by atoms with van der Waals surface area (Å²) in [5.74, 6) is 0.235. The second kappa shape index (κ2) is 5.46. The standard InChI is InChI=1S/C15H20O2/c1-11-6-7-12(2)13(9-11)10-14(16)15-5-3-4-8-17-15/h6-7,9,15H,3-5,8,10H2,1-2H3. The predicted molar refractivity (Wildman–Crippen MR) is 68.2 cm³/mol. The van der Waals surface area contributed by atoms with Crippen molar-refractivity contribution >= 4 is 5.78 Å². The monoisotopic (exact) mass is 232 g/mol. The SMILES string of the molecule is Cc1ccc(C)c(CC(=O)C2CCCCO2)c1. The lowest BCUT2D eigenvalue weighted by Gasteiger charge is -2.21. The first-order chi connectivity index (χ1) is 8.16. The summed E-state index contributed by atoms with van der Waals surface area (Å²) >= 11 is 0. The van der Waals surface area contributed by atoms with Crippen LogP contribution in [-0.4, -0.2) is 18.5 Å². The van der Waals surface area contributed by atoms with Gasteiger partial charge in [-0.25, -0.2) is 0 Å². The van der Waals surface area contributed by atoms with Crippen LogP contribution in [0.1, 0.15) is 36.0 Å². The molecule has 1 aromatic rings. The Morgan fingerprint density at radius 1 is 1.35 bits per heavy atom. The highest BCUT2D eigenvalue weighted by Crippen LogP contribution is 2.17. The van der Waals surface area contributed by atoms with Gasteiger partial charge in [-0.15, -0.1) is 0 Å². The van der Waals surface area contributed by atoms with E-state index in [-0.39, 0.29) is 11.9 Å². The number of hydrogen-bond donors (Lipinski definition) is 0. The molecule has 0 amide bonds. The molecule has 1 unspecified atom stereocenters. The molecule has 0 spiro atoms. The van der Waals surface area contributed by atoms with Crippen LogP contribution in [0.4, 0.5) is 0 Å². The maximum Gasteiger partial charge on any atom is 0.165 e. The topological polar surface area (TPSA) is 26.3 Å². The summed E-state index contributed by atoms with van der Waals surface area (Å²) in [6, 6.07) is 6.27. The van der Waals surface area contributed by atoms with Gasteiger partial charge in [-0.3, -0.25) is 4.79 Å². The Hall–Kier alpha value is -1.15. The van der Waals surface area contributed by atoms with Gasteiger partial charge in [0.2, 0.25) is 0 Å². The minimum absolute atomic E-state index is 0.163. The minimum Gasteiger partial charge on any atom is -0.370 e. The largest absolute Gasteiger partial charge is 0.370 e. The molecule has 0 N–H and O–H groups in total. The first kappa shape index (κ1) is 12.3. The summed E-state index contributed by atoms with van der Waals surface area (Å²) in [5, 5.41) is 0. The smallest absolute Gasteiger partial charge is 0.165 e. The van der Waals surface area contributed by atoms with Gasteiger partial charge in [-0.05, 0) is 44.2 Å². The fourth-order valence-corrected chi connectivity index (χ4v) is 2.29. The van der Waals surface area contributed by atoms with E-state index in [1.165, 1.54) is 11.1 Å². The Labute approximate surface area is 103 Å². The first-order valence-corrected chi connectivity index (χ1v) is 6.37. The predicted octanol–water partition coefficient (Wildman–Crippen LogP) is 2.98. The van der Waals surface area contributed by atoms with Crippen molar-refractivity contribution in [3.63, 3.8) is 0 Å². The molecule has 1 fully saturated rings. The van der Waals surface area contributed by atoms with E-state index >= 15 is 0 Å². The zero-order valence-electron chi connectivity index (χ0n) is 10.7. The van der Waals surface area contributed by atoms with Gasteiger partial charge in [0.05, 0.1) is 0 Å². The van der Waals surface area contributed by atoms with Gasteiger partial charge in [0, 0.05) is 13.0 Å². The van der Waals surface area contributed by atoms with E-state index in [2.05, 4.69) is 32.0 Å². The third-order valence-electron chi connectivity index (χ3n) is 3.41. The van der Waals surface area contributed by atoms with Gasteiger partial charge in [0.15, 0.2) is 5.78 Å². The third-order valence-corrected chi connectivity index (χ3v) is 3.41. The molecular formula is C15H20O2. The molecule has 2 nitrogen and oxygen atoms in total. The molecule has 1 heterocycles. The molecule has 0 saturated carbocycles. The quantitative estimate of drug-likeness (QED) is 0.801. The summed E-state index contributed by atoms with van der Waals surface area (Å²) < 4.78 is 5.53. The Morgan fingerprint density at radius 3 is 2.88 bits per heavy atom. The van der Waals surface area contributed by atoms with Crippen molar-refractivity contribution < 1.29 is 9.53 Å². The molecule has 1 atom stereocenters. The lowest BCUT2D eigenvalue weighted by Crippen LogP contribution is -2.29. The highest BCUT2D eigenvalue weighted by molar-refractivity contribution is 5.85. The van der Waals surface area contributed by atoms with Gasteiger partial charge in [-0.2, -0.15) is 0 Å². The van der Waals surface area contributed by atoms with Crippen molar-refractivity contribution in [3.8, 4) is 0 Å². The molecule has 1 aromatic carbocycles. The molecule has 2 rings (SSSR count). The number of rotatable bonds is 3. The van der Waals surface area contributed by atoms with Crippen molar-refractivity contribution in [1.29, 1.82) is 0 Å². The van der Waals surface area contributed by atoms with Crippen LogP contribution in [0, 0.1) is 13.8 Å². The zero-order chi connectivity index (χ0) is 12.3. The minimum atomic E-state index is -0.163. The molecule has 1 aliphatic heterocycles. The van der Waals surface area contributed by atoms with Crippen LogP contribution in [0.2, 0.25) is 0 Å². The summed E-state index contributed by atoms with van der Waals surface area (Å²) in [4.78, 5) is 12.1. The average Bonchev–Trinajstić information content (AvgIpc) is 2.35. The van der Waals surface area contributed by atoms with E-state index in [0.717, 1.165) is 31.4 Å². The normalized spacial score (nSPS) is 20.2. The van der Waals surface area contributed by atoms with Gasteiger partial charge >= 0.3 is 0 Å². The number of ether oxygens (including phenoxy) is 1. The number of Topliss-reactive ketones (excluding diaryl/α,β-unsaturated/α-hetero) is 1. The Balaban J connectivity index is 2.04. The molecule has 2 heteroatoms. The molecule has 0 aromatic heterocycles. The van der Waals surface area contributed by atoms with Crippen molar-refractivity contribution in [2.45, 2.75) is 45.6 Å². The lowest BCUT2D eigenvalue weighted by molar-refractivity contribution is -0.132.